The maximum absolute atomic E-state index is 10.2. The molecule has 2 rings (SSSR count). The van der Waals surface area contributed by atoms with E-state index in [1.165, 1.54) is 0 Å². The molecule has 0 bridgehead atoms. The highest BCUT2D eigenvalue weighted by atomic mass is 16.3. The van der Waals surface area contributed by atoms with Crippen LogP contribution in [0.3, 0.4) is 0 Å². The highest BCUT2D eigenvalue weighted by molar-refractivity contribution is 5.58. The van der Waals surface area contributed by atoms with Gasteiger partial charge in [-0.15, -0.1) is 0 Å². The van der Waals surface area contributed by atoms with Gasteiger partial charge in [0, 0.05) is 25.2 Å². The van der Waals surface area contributed by atoms with Crippen LogP contribution < -0.4 is 10.2 Å². The van der Waals surface area contributed by atoms with Gasteiger partial charge in [0.05, 0.1) is 5.60 Å². The van der Waals surface area contributed by atoms with E-state index < -0.39 is 5.60 Å². The molecule has 1 saturated heterocycles. The van der Waals surface area contributed by atoms with Crippen LogP contribution in [-0.2, 0) is 0 Å². The molecule has 0 amide bonds. The third kappa shape index (κ3) is 2.72. The second-order valence-corrected chi connectivity index (χ2v) is 5.22. The average molecular weight is 250 g/mol. The Hall–Kier alpha value is -1.36. The van der Waals surface area contributed by atoms with Gasteiger partial charge in [-0.05, 0) is 33.6 Å². The summed E-state index contributed by atoms with van der Waals surface area (Å²) in [4.78, 5) is 10.8. The standard InChI is InChI=1S/C13H22N4O/c1-4-14-11-10(2)12(16-9-15-11)17-7-5-6-13(3,18)8-17/h9,18H,4-8H2,1-3H3,(H,14,15,16). The van der Waals surface area contributed by atoms with Crippen molar-refractivity contribution < 1.29 is 5.11 Å². The molecule has 1 aromatic heterocycles. The Morgan fingerprint density at radius 2 is 2.28 bits per heavy atom. The van der Waals surface area contributed by atoms with Gasteiger partial charge < -0.3 is 15.3 Å². The van der Waals surface area contributed by atoms with Crippen molar-refractivity contribution in [1.29, 1.82) is 0 Å². The molecule has 5 nitrogen and oxygen atoms in total. The number of rotatable bonds is 3. The largest absolute Gasteiger partial charge is 0.388 e. The first-order valence-electron chi connectivity index (χ1n) is 6.56. The fraction of sp³-hybridized carbons (Fsp3) is 0.692. The van der Waals surface area contributed by atoms with Crippen LogP contribution in [-0.4, -0.2) is 40.3 Å². The quantitative estimate of drug-likeness (QED) is 0.852. The lowest BCUT2D eigenvalue weighted by molar-refractivity contribution is 0.0447. The van der Waals surface area contributed by atoms with Crippen LogP contribution in [0.5, 0.6) is 0 Å². The molecule has 1 fully saturated rings. The van der Waals surface area contributed by atoms with E-state index in [0.29, 0.717) is 6.54 Å². The number of nitrogens with zero attached hydrogens (tertiary/aromatic N) is 3. The van der Waals surface area contributed by atoms with Crippen LogP contribution in [0.25, 0.3) is 0 Å². The molecule has 1 aliphatic heterocycles. The Bertz CT molecular complexity index is 419. The SMILES string of the molecule is CCNc1ncnc(N2CCCC(C)(O)C2)c1C. The minimum atomic E-state index is -0.617. The van der Waals surface area contributed by atoms with Crippen molar-refractivity contribution in [2.75, 3.05) is 29.9 Å². The summed E-state index contributed by atoms with van der Waals surface area (Å²) < 4.78 is 0. The first kappa shape index (κ1) is 13.1. The van der Waals surface area contributed by atoms with E-state index in [9.17, 15) is 5.11 Å². The van der Waals surface area contributed by atoms with Crippen molar-refractivity contribution in [3.05, 3.63) is 11.9 Å². The minimum absolute atomic E-state index is 0.617. The van der Waals surface area contributed by atoms with Crippen molar-refractivity contribution in [2.45, 2.75) is 39.2 Å². The molecule has 100 valence electrons. The number of aliphatic hydroxyl groups is 1. The smallest absolute Gasteiger partial charge is 0.137 e. The van der Waals surface area contributed by atoms with Crippen molar-refractivity contribution in [2.24, 2.45) is 0 Å². The van der Waals surface area contributed by atoms with Crippen molar-refractivity contribution >= 4 is 11.6 Å². The van der Waals surface area contributed by atoms with E-state index in [1.807, 2.05) is 20.8 Å². The molecular formula is C13H22N4O. The lowest BCUT2D eigenvalue weighted by Gasteiger charge is -2.38. The van der Waals surface area contributed by atoms with E-state index in [-0.39, 0.29) is 0 Å². The Kier molecular flexibility index (Phi) is 3.71. The molecule has 0 aliphatic carbocycles. The van der Waals surface area contributed by atoms with Crippen LogP contribution in [0.4, 0.5) is 11.6 Å². The molecule has 2 N–H and O–H groups in total. The number of β-amino-alcohol motifs (C(OH)–C–C–N with tert-alkyl or cyclic N) is 1. The lowest BCUT2D eigenvalue weighted by atomic mass is 9.95. The molecule has 0 radical (unpaired) electrons. The van der Waals surface area contributed by atoms with Gasteiger partial charge in [0.2, 0.25) is 0 Å². The summed E-state index contributed by atoms with van der Waals surface area (Å²) in [5.74, 6) is 1.81. The zero-order chi connectivity index (χ0) is 13.2. The molecular weight excluding hydrogens is 228 g/mol. The van der Waals surface area contributed by atoms with Crippen LogP contribution in [0.15, 0.2) is 6.33 Å². The van der Waals surface area contributed by atoms with Gasteiger partial charge in [0.15, 0.2) is 0 Å². The summed E-state index contributed by atoms with van der Waals surface area (Å²) in [6.45, 7) is 8.38. The predicted molar refractivity (Wildman–Crippen MR) is 73.0 cm³/mol. The number of hydrogen-bond acceptors (Lipinski definition) is 5. The maximum atomic E-state index is 10.2. The molecule has 1 atom stereocenters. The topological polar surface area (TPSA) is 61.3 Å². The Labute approximate surface area is 108 Å². The molecule has 1 aromatic rings. The first-order chi connectivity index (χ1) is 8.53. The third-order valence-corrected chi connectivity index (χ3v) is 3.38. The van der Waals surface area contributed by atoms with Crippen LogP contribution in [0, 0.1) is 6.92 Å². The summed E-state index contributed by atoms with van der Waals surface area (Å²) in [7, 11) is 0. The zero-order valence-corrected chi connectivity index (χ0v) is 11.4. The molecule has 18 heavy (non-hydrogen) atoms. The second-order valence-electron chi connectivity index (χ2n) is 5.22. The highest BCUT2D eigenvalue weighted by Gasteiger charge is 2.30. The van der Waals surface area contributed by atoms with Crippen molar-refractivity contribution in [3.8, 4) is 0 Å². The fourth-order valence-electron chi connectivity index (χ4n) is 2.51. The van der Waals surface area contributed by atoms with Gasteiger partial charge in [-0.25, -0.2) is 9.97 Å². The van der Waals surface area contributed by atoms with E-state index in [2.05, 4.69) is 20.2 Å². The number of hydrogen-bond donors (Lipinski definition) is 2. The Morgan fingerprint density at radius 1 is 1.50 bits per heavy atom. The highest BCUT2D eigenvalue weighted by Crippen LogP contribution is 2.28. The number of aromatic nitrogens is 2. The molecule has 0 aromatic carbocycles. The van der Waals surface area contributed by atoms with Crippen molar-refractivity contribution in [1.82, 2.24) is 9.97 Å². The molecule has 0 spiro atoms. The molecule has 0 saturated carbocycles. The molecule has 1 unspecified atom stereocenters. The van der Waals surface area contributed by atoms with E-state index in [4.69, 9.17) is 0 Å². The van der Waals surface area contributed by atoms with Gasteiger partial charge in [-0.3, -0.25) is 0 Å². The van der Waals surface area contributed by atoms with Crippen LogP contribution in [0.1, 0.15) is 32.3 Å². The average Bonchev–Trinajstić information content (AvgIpc) is 2.31. The van der Waals surface area contributed by atoms with Crippen LogP contribution in [0.2, 0.25) is 0 Å². The zero-order valence-electron chi connectivity index (χ0n) is 11.4. The summed E-state index contributed by atoms with van der Waals surface area (Å²) in [5, 5.41) is 13.4. The minimum Gasteiger partial charge on any atom is -0.388 e. The predicted octanol–water partition coefficient (Wildman–Crippen LogP) is 1.57. The van der Waals surface area contributed by atoms with Gasteiger partial charge in [0.25, 0.3) is 0 Å². The normalized spacial score (nSPS) is 24.1. The molecule has 1 aliphatic rings. The Morgan fingerprint density at radius 3 is 2.94 bits per heavy atom. The summed E-state index contributed by atoms with van der Waals surface area (Å²) in [5.41, 5.74) is 0.436. The number of anilines is 2. The lowest BCUT2D eigenvalue weighted by Crippen LogP contribution is -2.46. The second kappa shape index (κ2) is 5.10. The van der Waals surface area contributed by atoms with Gasteiger partial charge in [-0.2, -0.15) is 0 Å². The number of nitrogens with one attached hydrogen (secondary N) is 1. The van der Waals surface area contributed by atoms with Gasteiger partial charge in [-0.1, -0.05) is 0 Å². The molecule has 2 heterocycles. The summed E-state index contributed by atoms with van der Waals surface area (Å²) in [6, 6.07) is 0. The van der Waals surface area contributed by atoms with Crippen molar-refractivity contribution in [3.63, 3.8) is 0 Å². The van der Waals surface area contributed by atoms with E-state index in [1.54, 1.807) is 6.33 Å². The maximum Gasteiger partial charge on any atom is 0.137 e. The van der Waals surface area contributed by atoms with Gasteiger partial charge in [0.1, 0.15) is 18.0 Å². The van der Waals surface area contributed by atoms with Gasteiger partial charge >= 0.3 is 0 Å². The van der Waals surface area contributed by atoms with E-state index >= 15 is 0 Å². The summed E-state index contributed by atoms with van der Waals surface area (Å²) in [6.07, 6.45) is 3.43. The molecule has 5 heteroatoms. The third-order valence-electron chi connectivity index (χ3n) is 3.38. The fourth-order valence-corrected chi connectivity index (χ4v) is 2.51. The van der Waals surface area contributed by atoms with Crippen LogP contribution >= 0.6 is 0 Å². The van der Waals surface area contributed by atoms with E-state index in [0.717, 1.165) is 43.1 Å². The summed E-state index contributed by atoms with van der Waals surface area (Å²) >= 11 is 0. The number of piperidine rings is 1. The monoisotopic (exact) mass is 250 g/mol. The Balaban J connectivity index is 2.25. The first-order valence-corrected chi connectivity index (χ1v) is 6.56.